The zero-order valence-corrected chi connectivity index (χ0v) is 17.4. The van der Waals surface area contributed by atoms with Crippen molar-refractivity contribution in [3.05, 3.63) is 51.2 Å². The summed E-state index contributed by atoms with van der Waals surface area (Å²) in [6.07, 6.45) is 1.42. The summed E-state index contributed by atoms with van der Waals surface area (Å²) in [5.74, 6) is -0.252. The molecule has 0 spiro atoms. The van der Waals surface area contributed by atoms with Crippen LogP contribution in [0.5, 0.6) is 5.75 Å². The number of carbonyl (C=O) groups is 2. The molecule has 1 aromatic heterocycles. The molecule has 1 unspecified atom stereocenters. The van der Waals surface area contributed by atoms with Crippen molar-refractivity contribution in [1.82, 2.24) is 0 Å². The van der Waals surface area contributed by atoms with Crippen LogP contribution in [0.1, 0.15) is 53.1 Å². The second-order valence-corrected chi connectivity index (χ2v) is 8.63. The number of hydrogen-bond donors (Lipinski definition) is 0. The van der Waals surface area contributed by atoms with Crippen LogP contribution in [0.25, 0.3) is 0 Å². The van der Waals surface area contributed by atoms with E-state index in [9.17, 15) is 9.59 Å². The summed E-state index contributed by atoms with van der Waals surface area (Å²) in [6, 6.07) is 7.60. The van der Waals surface area contributed by atoms with Gasteiger partial charge < -0.3 is 18.9 Å². The average molecular weight is 416 g/mol. The van der Waals surface area contributed by atoms with Crippen molar-refractivity contribution < 1.29 is 28.5 Å². The minimum Gasteiger partial charge on any atom is -0.488 e. The highest BCUT2D eigenvalue weighted by Gasteiger charge is 2.33. The number of ketones is 1. The van der Waals surface area contributed by atoms with E-state index in [0.717, 1.165) is 16.0 Å². The van der Waals surface area contributed by atoms with E-state index in [4.69, 9.17) is 18.9 Å². The van der Waals surface area contributed by atoms with Gasteiger partial charge in [0.15, 0.2) is 5.79 Å². The number of thiophene rings is 1. The SMILES string of the molecule is CC1(C)OCC(COC(=O)CCCc2ccc3c(c2)C(=O)c2sccc2CO3)O1. The quantitative estimate of drug-likeness (QED) is 0.666. The molecular weight excluding hydrogens is 392 g/mol. The Bertz CT molecular complexity index is 916. The second-order valence-electron chi connectivity index (χ2n) is 7.71. The number of esters is 1. The summed E-state index contributed by atoms with van der Waals surface area (Å²) in [5, 5.41) is 1.91. The van der Waals surface area contributed by atoms with Crippen LogP contribution in [0, 0.1) is 0 Å². The van der Waals surface area contributed by atoms with Gasteiger partial charge in [-0.3, -0.25) is 9.59 Å². The molecule has 0 N–H and O–H groups in total. The average Bonchev–Trinajstić information content (AvgIpc) is 3.27. The summed E-state index contributed by atoms with van der Waals surface area (Å²) in [4.78, 5) is 25.6. The summed E-state index contributed by atoms with van der Waals surface area (Å²) >= 11 is 1.44. The van der Waals surface area contributed by atoms with Crippen molar-refractivity contribution in [3.8, 4) is 5.75 Å². The number of fused-ring (bicyclic) bond motifs is 2. The topological polar surface area (TPSA) is 71.1 Å². The predicted molar refractivity (Wildman–Crippen MR) is 107 cm³/mol. The van der Waals surface area contributed by atoms with Crippen molar-refractivity contribution in [2.24, 2.45) is 0 Å². The highest BCUT2D eigenvalue weighted by Crippen LogP contribution is 2.32. The second kappa shape index (κ2) is 8.26. The van der Waals surface area contributed by atoms with E-state index in [1.807, 2.05) is 43.5 Å². The van der Waals surface area contributed by atoms with Gasteiger partial charge in [0.2, 0.25) is 5.78 Å². The molecule has 0 amide bonds. The maximum atomic E-state index is 12.8. The van der Waals surface area contributed by atoms with Crippen LogP contribution in [-0.2, 0) is 32.0 Å². The van der Waals surface area contributed by atoms with Crippen molar-refractivity contribution >= 4 is 23.1 Å². The van der Waals surface area contributed by atoms with E-state index in [-0.39, 0.29) is 24.5 Å². The smallest absolute Gasteiger partial charge is 0.305 e. The van der Waals surface area contributed by atoms with Gasteiger partial charge in [-0.25, -0.2) is 0 Å². The van der Waals surface area contributed by atoms with Crippen molar-refractivity contribution in [2.75, 3.05) is 13.2 Å². The number of ether oxygens (including phenoxy) is 4. The standard InChI is InChI=1S/C22H24O6S/c1-22(2)27-13-16(28-22)12-26-19(23)5-3-4-14-6-7-18-17(10-14)20(24)21-15(11-25-18)8-9-29-21/h6-10,16H,3-5,11-13H2,1-2H3. The predicted octanol–water partition coefficient (Wildman–Crippen LogP) is 3.89. The Labute approximate surface area is 173 Å². The number of aryl methyl sites for hydroxylation is 1. The third-order valence-corrected chi connectivity index (χ3v) is 5.92. The number of hydrogen-bond acceptors (Lipinski definition) is 7. The summed E-state index contributed by atoms with van der Waals surface area (Å²) < 4.78 is 22.2. The van der Waals surface area contributed by atoms with Gasteiger partial charge in [-0.05, 0) is 55.8 Å². The largest absolute Gasteiger partial charge is 0.488 e. The minimum absolute atomic E-state index is 0.00506. The molecule has 1 aromatic carbocycles. The molecule has 6 nitrogen and oxygen atoms in total. The lowest BCUT2D eigenvalue weighted by atomic mass is 10.0. The molecule has 154 valence electrons. The lowest BCUT2D eigenvalue weighted by Crippen LogP contribution is -2.25. The minimum atomic E-state index is -0.618. The fraction of sp³-hybridized carbons (Fsp3) is 0.455. The van der Waals surface area contributed by atoms with Gasteiger partial charge in [0.25, 0.3) is 0 Å². The lowest BCUT2D eigenvalue weighted by molar-refractivity contribution is -0.158. The fourth-order valence-corrected chi connectivity index (χ4v) is 4.37. The van der Waals surface area contributed by atoms with Gasteiger partial charge in [0.05, 0.1) is 17.0 Å². The molecule has 1 saturated heterocycles. The van der Waals surface area contributed by atoms with Gasteiger partial charge in [0, 0.05) is 12.0 Å². The first kappa shape index (κ1) is 20.1. The van der Waals surface area contributed by atoms with E-state index in [2.05, 4.69) is 0 Å². The van der Waals surface area contributed by atoms with Gasteiger partial charge in [-0.1, -0.05) is 6.07 Å². The molecule has 1 fully saturated rings. The molecule has 29 heavy (non-hydrogen) atoms. The third kappa shape index (κ3) is 4.69. The van der Waals surface area contributed by atoms with Gasteiger partial charge in [-0.2, -0.15) is 0 Å². The van der Waals surface area contributed by atoms with Crippen molar-refractivity contribution in [3.63, 3.8) is 0 Å². The molecule has 4 rings (SSSR count). The molecule has 2 aliphatic heterocycles. The number of rotatable bonds is 6. The van der Waals surface area contributed by atoms with Crippen molar-refractivity contribution in [2.45, 2.75) is 51.6 Å². The Morgan fingerprint density at radius 2 is 2.17 bits per heavy atom. The maximum Gasteiger partial charge on any atom is 0.305 e. The molecule has 2 aliphatic rings. The van der Waals surface area contributed by atoms with Crippen LogP contribution in [-0.4, -0.2) is 36.9 Å². The van der Waals surface area contributed by atoms with E-state index >= 15 is 0 Å². The van der Waals surface area contributed by atoms with Crippen LogP contribution in [0.3, 0.4) is 0 Å². The number of benzene rings is 1. The molecule has 0 aliphatic carbocycles. The van der Waals surface area contributed by atoms with Crippen LogP contribution < -0.4 is 4.74 Å². The van der Waals surface area contributed by atoms with E-state index in [1.54, 1.807) is 0 Å². The Balaban J connectivity index is 1.28. The molecule has 1 atom stereocenters. The first-order chi connectivity index (χ1) is 13.9. The Morgan fingerprint density at radius 3 is 2.97 bits per heavy atom. The van der Waals surface area contributed by atoms with Gasteiger partial charge in [0.1, 0.15) is 25.1 Å². The normalized spacial score (nSPS) is 19.8. The highest BCUT2D eigenvalue weighted by molar-refractivity contribution is 7.12. The molecule has 0 bridgehead atoms. The van der Waals surface area contributed by atoms with E-state index < -0.39 is 5.79 Å². The fourth-order valence-electron chi connectivity index (χ4n) is 3.50. The maximum absolute atomic E-state index is 12.8. The van der Waals surface area contributed by atoms with Crippen molar-refractivity contribution in [1.29, 1.82) is 0 Å². The number of carbonyl (C=O) groups excluding carboxylic acids is 2. The molecule has 2 aromatic rings. The molecule has 0 radical (unpaired) electrons. The van der Waals surface area contributed by atoms with Gasteiger partial charge >= 0.3 is 5.97 Å². The highest BCUT2D eigenvalue weighted by atomic mass is 32.1. The monoisotopic (exact) mass is 416 g/mol. The summed E-state index contributed by atoms with van der Waals surface area (Å²) in [7, 11) is 0. The van der Waals surface area contributed by atoms with Crippen LogP contribution in [0.4, 0.5) is 0 Å². The van der Waals surface area contributed by atoms with E-state index in [0.29, 0.717) is 43.8 Å². The molecule has 7 heteroatoms. The Morgan fingerprint density at radius 1 is 1.31 bits per heavy atom. The Kier molecular flexibility index (Phi) is 5.72. The zero-order valence-electron chi connectivity index (χ0n) is 16.6. The first-order valence-corrected chi connectivity index (χ1v) is 10.6. The van der Waals surface area contributed by atoms with Gasteiger partial charge in [-0.15, -0.1) is 11.3 Å². The van der Waals surface area contributed by atoms with Crippen LogP contribution in [0.2, 0.25) is 0 Å². The first-order valence-electron chi connectivity index (χ1n) is 9.75. The Hall–Kier alpha value is -2.22. The third-order valence-electron chi connectivity index (χ3n) is 4.97. The molecular formula is C22H24O6S. The summed E-state index contributed by atoms with van der Waals surface area (Å²) in [5.41, 5.74) is 2.52. The van der Waals surface area contributed by atoms with Crippen LogP contribution >= 0.6 is 11.3 Å². The summed E-state index contributed by atoms with van der Waals surface area (Å²) in [6.45, 7) is 4.72. The van der Waals surface area contributed by atoms with Crippen LogP contribution in [0.15, 0.2) is 29.6 Å². The van der Waals surface area contributed by atoms with E-state index in [1.165, 1.54) is 11.3 Å². The molecule has 3 heterocycles. The zero-order chi connectivity index (χ0) is 20.4. The lowest BCUT2D eigenvalue weighted by Gasteiger charge is -2.17. The molecule has 0 saturated carbocycles.